The number of hydrogen-bond acceptors (Lipinski definition) is 3. The van der Waals surface area contributed by atoms with Gasteiger partial charge in [-0.1, -0.05) is 23.5 Å². The van der Waals surface area contributed by atoms with Crippen LogP contribution in [0.1, 0.15) is 0 Å². The predicted molar refractivity (Wildman–Crippen MR) is 39.2 cm³/mol. The van der Waals surface area contributed by atoms with Gasteiger partial charge in [-0.25, -0.2) is 4.79 Å². The van der Waals surface area contributed by atoms with E-state index in [0.29, 0.717) is 5.58 Å². The van der Waals surface area contributed by atoms with Crippen LogP contribution in [0.2, 0.25) is 0 Å². The summed E-state index contributed by atoms with van der Waals surface area (Å²) in [5.74, 6) is 0. The summed E-state index contributed by atoms with van der Waals surface area (Å²) in [5.41, 5.74) is 0.623. The van der Waals surface area contributed by atoms with E-state index >= 15 is 0 Å². The molecule has 0 N–H and O–H groups in total. The summed E-state index contributed by atoms with van der Waals surface area (Å²) in [6.45, 7) is 0. The van der Waals surface area contributed by atoms with Crippen molar-refractivity contribution in [1.82, 2.24) is 0 Å². The van der Waals surface area contributed by atoms with E-state index in [1.165, 1.54) is 0 Å². The van der Waals surface area contributed by atoms with Crippen molar-refractivity contribution in [1.29, 1.82) is 0 Å². The van der Waals surface area contributed by atoms with Crippen molar-refractivity contribution in [3.8, 4) is 0 Å². The van der Waals surface area contributed by atoms with E-state index in [1.54, 1.807) is 18.2 Å². The number of fused-ring (bicyclic) bond motifs is 1. The first-order valence-corrected chi connectivity index (χ1v) is 3.58. The average molecular weight is 151 g/mol. The van der Waals surface area contributed by atoms with Gasteiger partial charge in [-0.2, -0.15) is 0 Å². The van der Waals surface area contributed by atoms with Gasteiger partial charge in [0.2, 0.25) is 0 Å². The number of hydrogen-bond donors (Lipinski definition) is 0. The molecule has 0 atom stereocenters. The zero-order valence-electron chi connectivity index (χ0n) is 4.96. The highest BCUT2D eigenvalue weighted by atomic mass is 32.1. The summed E-state index contributed by atoms with van der Waals surface area (Å²) in [4.78, 5) is 10.4. The lowest BCUT2D eigenvalue weighted by Gasteiger charge is -1.78. The van der Waals surface area contributed by atoms with Crippen LogP contribution in [0, 0.1) is 6.07 Å². The van der Waals surface area contributed by atoms with Gasteiger partial charge in [0, 0.05) is 6.07 Å². The molecule has 2 rings (SSSR count). The fraction of sp³-hybridized carbons (Fsp3) is 0. The molecule has 0 unspecified atom stereocenters. The van der Waals surface area contributed by atoms with Crippen LogP contribution in [0.5, 0.6) is 0 Å². The summed E-state index contributed by atoms with van der Waals surface area (Å²) in [7, 11) is 0. The molecule has 49 valence electrons. The van der Waals surface area contributed by atoms with Crippen molar-refractivity contribution in [2.45, 2.75) is 0 Å². The maximum Gasteiger partial charge on any atom is 0.396 e. The van der Waals surface area contributed by atoms with Gasteiger partial charge in [0.25, 0.3) is 0 Å². The number of benzene rings is 1. The summed E-state index contributed by atoms with van der Waals surface area (Å²) in [6, 6.07) is 8.20. The molecule has 0 spiro atoms. The molecule has 0 bridgehead atoms. The highest BCUT2D eigenvalue weighted by molar-refractivity contribution is 7.16. The SMILES string of the molecule is O=c1oc2ccc[c]c2s1. The van der Waals surface area contributed by atoms with Crippen molar-refractivity contribution >= 4 is 21.6 Å². The Labute approximate surface area is 60.7 Å². The second-order valence-corrected chi connectivity index (χ2v) is 2.76. The maximum absolute atomic E-state index is 10.6. The molecule has 0 saturated carbocycles. The Balaban J connectivity index is 3.01. The molecular formula is C7H3O2S. The summed E-state index contributed by atoms with van der Waals surface area (Å²) >= 11 is 1.07. The standard InChI is InChI=1S/C7H3O2S/c8-7-9-5-3-1-2-4-6(5)10-7/h1-3H. The Kier molecular flexibility index (Phi) is 1.11. The van der Waals surface area contributed by atoms with Gasteiger partial charge in [-0.15, -0.1) is 0 Å². The molecular weight excluding hydrogens is 148 g/mol. The fourth-order valence-electron chi connectivity index (χ4n) is 0.760. The van der Waals surface area contributed by atoms with Crippen LogP contribution in [-0.4, -0.2) is 0 Å². The Morgan fingerprint density at radius 2 is 2.50 bits per heavy atom. The van der Waals surface area contributed by atoms with E-state index in [1.807, 2.05) is 0 Å². The fourth-order valence-corrected chi connectivity index (χ4v) is 1.40. The summed E-state index contributed by atoms with van der Waals surface area (Å²) in [5, 5.41) is 0. The molecule has 0 aliphatic rings. The van der Waals surface area contributed by atoms with Crippen molar-refractivity contribution in [2.24, 2.45) is 0 Å². The lowest BCUT2D eigenvalue weighted by molar-refractivity contribution is 0.585. The van der Waals surface area contributed by atoms with E-state index in [9.17, 15) is 4.79 Å². The molecule has 0 amide bonds. The second kappa shape index (κ2) is 1.95. The smallest absolute Gasteiger partial charge is 0.396 e. The third-order valence-corrected chi connectivity index (χ3v) is 1.93. The molecule has 2 aromatic rings. The quantitative estimate of drug-likeness (QED) is 0.573. The minimum Gasteiger partial charge on any atom is -0.414 e. The average Bonchev–Trinajstić information content (AvgIpc) is 2.27. The minimum atomic E-state index is -0.266. The van der Waals surface area contributed by atoms with Gasteiger partial charge in [0.05, 0.1) is 4.70 Å². The van der Waals surface area contributed by atoms with Gasteiger partial charge >= 0.3 is 4.94 Å². The molecule has 0 aliphatic heterocycles. The molecule has 0 fully saturated rings. The Morgan fingerprint density at radius 3 is 3.30 bits per heavy atom. The molecule has 1 aromatic carbocycles. The van der Waals surface area contributed by atoms with E-state index in [-0.39, 0.29) is 4.94 Å². The highest BCUT2D eigenvalue weighted by Gasteiger charge is 1.97. The Bertz CT molecular complexity index is 363. The Hall–Kier alpha value is -1.09. The van der Waals surface area contributed by atoms with Crippen LogP contribution in [0.15, 0.2) is 27.4 Å². The largest absolute Gasteiger partial charge is 0.414 e. The van der Waals surface area contributed by atoms with Gasteiger partial charge in [-0.05, 0) is 6.07 Å². The first-order valence-electron chi connectivity index (χ1n) is 2.76. The zero-order chi connectivity index (χ0) is 6.97. The highest BCUT2D eigenvalue weighted by Crippen LogP contribution is 2.13. The van der Waals surface area contributed by atoms with Crippen molar-refractivity contribution in [3.63, 3.8) is 0 Å². The van der Waals surface area contributed by atoms with Gasteiger partial charge in [-0.3, -0.25) is 0 Å². The molecule has 3 heteroatoms. The van der Waals surface area contributed by atoms with Gasteiger partial charge < -0.3 is 4.42 Å². The van der Waals surface area contributed by atoms with Crippen LogP contribution in [-0.2, 0) is 0 Å². The van der Waals surface area contributed by atoms with E-state index in [0.717, 1.165) is 16.0 Å². The second-order valence-electron chi connectivity index (χ2n) is 1.82. The third-order valence-electron chi connectivity index (χ3n) is 1.16. The van der Waals surface area contributed by atoms with Gasteiger partial charge in [0.15, 0.2) is 0 Å². The van der Waals surface area contributed by atoms with Crippen molar-refractivity contribution in [2.75, 3.05) is 0 Å². The molecule has 0 saturated heterocycles. The molecule has 1 radical (unpaired) electrons. The third kappa shape index (κ3) is 0.752. The predicted octanol–water partition coefficient (Wildman–Crippen LogP) is 1.65. The first kappa shape index (κ1) is 5.68. The van der Waals surface area contributed by atoms with Gasteiger partial charge in [0.1, 0.15) is 5.58 Å². The molecule has 1 heterocycles. The molecule has 10 heavy (non-hydrogen) atoms. The van der Waals surface area contributed by atoms with E-state index in [4.69, 9.17) is 4.42 Å². The summed E-state index contributed by atoms with van der Waals surface area (Å²) < 4.78 is 5.58. The van der Waals surface area contributed by atoms with E-state index in [2.05, 4.69) is 6.07 Å². The van der Waals surface area contributed by atoms with Crippen LogP contribution >= 0.6 is 11.3 Å². The number of rotatable bonds is 0. The van der Waals surface area contributed by atoms with Crippen LogP contribution in [0.25, 0.3) is 10.3 Å². The lowest BCUT2D eigenvalue weighted by Crippen LogP contribution is -1.79. The van der Waals surface area contributed by atoms with E-state index < -0.39 is 0 Å². The van der Waals surface area contributed by atoms with Crippen LogP contribution in [0.3, 0.4) is 0 Å². The summed E-state index contributed by atoms with van der Waals surface area (Å²) in [6.07, 6.45) is 0. The molecule has 1 aromatic heterocycles. The molecule has 0 aliphatic carbocycles. The maximum atomic E-state index is 10.6. The van der Waals surface area contributed by atoms with Crippen LogP contribution in [0.4, 0.5) is 0 Å². The van der Waals surface area contributed by atoms with Crippen molar-refractivity contribution < 1.29 is 4.42 Å². The normalized spacial score (nSPS) is 10.4. The molecule has 2 nitrogen and oxygen atoms in total. The first-order chi connectivity index (χ1) is 4.86. The van der Waals surface area contributed by atoms with Crippen molar-refractivity contribution in [3.05, 3.63) is 34.0 Å². The monoisotopic (exact) mass is 151 g/mol. The Morgan fingerprint density at radius 1 is 1.60 bits per heavy atom. The zero-order valence-corrected chi connectivity index (χ0v) is 5.77. The lowest BCUT2D eigenvalue weighted by atomic mass is 10.4. The minimum absolute atomic E-state index is 0.266. The topological polar surface area (TPSA) is 30.2 Å². The van der Waals surface area contributed by atoms with Crippen LogP contribution < -0.4 is 4.94 Å².